The molecule has 0 fully saturated rings. The number of hydrogen-bond donors (Lipinski definition) is 2. The molecule has 0 radical (unpaired) electrons. The zero-order valence-electron chi connectivity index (χ0n) is 10.8. The summed E-state index contributed by atoms with van der Waals surface area (Å²) in [7, 11) is 1.65. The van der Waals surface area contributed by atoms with E-state index in [0.717, 1.165) is 11.1 Å². The number of ether oxygens (including phenoxy) is 2. The molecule has 1 amide bonds. The van der Waals surface area contributed by atoms with Crippen LogP contribution in [0.3, 0.4) is 0 Å². The highest BCUT2D eigenvalue weighted by Gasteiger charge is 2.13. The fourth-order valence-electron chi connectivity index (χ4n) is 1.61. The summed E-state index contributed by atoms with van der Waals surface area (Å²) < 4.78 is 9.87. The molecular weight excluding hydrogens is 232 g/mol. The molecule has 5 nitrogen and oxygen atoms in total. The molecule has 18 heavy (non-hydrogen) atoms. The average molecular weight is 252 g/mol. The van der Waals surface area contributed by atoms with Crippen LogP contribution >= 0.6 is 0 Å². The van der Waals surface area contributed by atoms with Gasteiger partial charge in [-0.15, -0.1) is 0 Å². The van der Waals surface area contributed by atoms with Crippen molar-refractivity contribution in [3.05, 3.63) is 35.4 Å². The van der Waals surface area contributed by atoms with E-state index in [4.69, 9.17) is 15.2 Å². The van der Waals surface area contributed by atoms with Crippen LogP contribution in [0.1, 0.15) is 24.1 Å². The summed E-state index contributed by atoms with van der Waals surface area (Å²) in [5.41, 5.74) is 7.68. The smallest absolute Gasteiger partial charge is 0.407 e. The number of hydrogen-bond acceptors (Lipinski definition) is 4. The van der Waals surface area contributed by atoms with Gasteiger partial charge in [0.2, 0.25) is 0 Å². The van der Waals surface area contributed by atoms with Crippen molar-refractivity contribution in [1.82, 2.24) is 5.32 Å². The number of nitrogens with two attached hydrogens (primary N) is 1. The van der Waals surface area contributed by atoms with E-state index in [9.17, 15) is 4.79 Å². The van der Waals surface area contributed by atoms with Crippen molar-refractivity contribution >= 4 is 6.09 Å². The lowest BCUT2D eigenvalue weighted by Gasteiger charge is -2.17. The van der Waals surface area contributed by atoms with E-state index < -0.39 is 6.09 Å². The van der Waals surface area contributed by atoms with Crippen molar-refractivity contribution < 1.29 is 14.3 Å². The summed E-state index contributed by atoms with van der Waals surface area (Å²) in [4.78, 5) is 11.3. The zero-order chi connectivity index (χ0) is 13.4. The summed E-state index contributed by atoms with van der Waals surface area (Å²) in [5.74, 6) is 0. The lowest BCUT2D eigenvalue weighted by Crippen LogP contribution is -2.33. The third-order valence-corrected chi connectivity index (χ3v) is 2.50. The Morgan fingerprint density at radius 2 is 2.06 bits per heavy atom. The monoisotopic (exact) mass is 252 g/mol. The maximum atomic E-state index is 11.3. The summed E-state index contributed by atoms with van der Waals surface area (Å²) >= 11 is 0. The van der Waals surface area contributed by atoms with Gasteiger partial charge in [0.05, 0.1) is 19.3 Å². The minimum Gasteiger partial charge on any atom is -0.450 e. The first-order chi connectivity index (χ1) is 8.71. The van der Waals surface area contributed by atoms with Gasteiger partial charge >= 0.3 is 6.09 Å². The van der Waals surface area contributed by atoms with Gasteiger partial charge in [-0.1, -0.05) is 24.3 Å². The fraction of sp³-hybridized carbons (Fsp3) is 0.462. The average Bonchev–Trinajstić information content (AvgIpc) is 2.38. The van der Waals surface area contributed by atoms with Gasteiger partial charge in [0.1, 0.15) is 0 Å². The third-order valence-electron chi connectivity index (χ3n) is 2.50. The van der Waals surface area contributed by atoms with Gasteiger partial charge < -0.3 is 20.5 Å². The molecular formula is C13H20N2O3. The van der Waals surface area contributed by atoms with Crippen LogP contribution in [0.25, 0.3) is 0 Å². The molecule has 0 aliphatic carbocycles. The normalized spacial score (nSPS) is 11.9. The van der Waals surface area contributed by atoms with E-state index in [0.29, 0.717) is 19.8 Å². The van der Waals surface area contributed by atoms with E-state index in [-0.39, 0.29) is 6.04 Å². The Morgan fingerprint density at radius 1 is 1.39 bits per heavy atom. The Kier molecular flexibility index (Phi) is 6.18. The van der Waals surface area contributed by atoms with Gasteiger partial charge in [-0.3, -0.25) is 0 Å². The van der Waals surface area contributed by atoms with Crippen LogP contribution in [-0.2, 0) is 16.1 Å². The van der Waals surface area contributed by atoms with Crippen molar-refractivity contribution in [2.75, 3.05) is 20.3 Å². The number of rotatable bonds is 6. The number of carbonyl (C=O) groups excluding carboxylic acids is 1. The van der Waals surface area contributed by atoms with Gasteiger partial charge in [-0.2, -0.15) is 0 Å². The SMILES string of the molecule is CCOC(=O)NC(CN)c1ccc(COC)cc1. The number of benzene rings is 1. The van der Waals surface area contributed by atoms with Crippen LogP contribution < -0.4 is 11.1 Å². The number of carbonyl (C=O) groups is 1. The highest BCUT2D eigenvalue weighted by molar-refractivity contribution is 5.67. The molecule has 0 saturated heterocycles. The summed E-state index contributed by atoms with van der Waals surface area (Å²) in [6.07, 6.45) is -0.450. The summed E-state index contributed by atoms with van der Waals surface area (Å²) in [5, 5.41) is 2.72. The lowest BCUT2D eigenvalue weighted by molar-refractivity contribution is 0.148. The van der Waals surface area contributed by atoms with E-state index in [1.54, 1.807) is 14.0 Å². The second-order valence-electron chi connectivity index (χ2n) is 3.83. The number of nitrogens with one attached hydrogen (secondary N) is 1. The summed E-state index contributed by atoms with van der Waals surface area (Å²) in [6.45, 7) is 2.99. The first kappa shape index (κ1) is 14.5. The van der Waals surface area contributed by atoms with Crippen LogP contribution in [0.2, 0.25) is 0 Å². The molecule has 0 bridgehead atoms. The molecule has 0 spiro atoms. The van der Waals surface area contributed by atoms with E-state index in [2.05, 4.69) is 5.32 Å². The van der Waals surface area contributed by atoms with Crippen molar-refractivity contribution in [3.63, 3.8) is 0 Å². The van der Waals surface area contributed by atoms with Crippen LogP contribution in [-0.4, -0.2) is 26.4 Å². The molecule has 0 saturated carbocycles. The number of amides is 1. The van der Waals surface area contributed by atoms with Crippen molar-refractivity contribution in [1.29, 1.82) is 0 Å². The Labute approximate surface area is 107 Å². The second kappa shape index (κ2) is 7.68. The Hall–Kier alpha value is -1.59. The van der Waals surface area contributed by atoms with Crippen molar-refractivity contribution in [3.8, 4) is 0 Å². The molecule has 0 aromatic heterocycles. The topological polar surface area (TPSA) is 73.6 Å². The van der Waals surface area contributed by atoms with Crippen LogP contribution in [0, 0.1) is 0 Å². The van der Waals surface area contributed by atoms with Gasteiger partial charge in [-0.25, -0.2) is 4.79 Å². The molecule has 1 aromatic carbocycles. The first-order valence-electron chi connectivity index (χ1n) is 5.92. The standard InChI is InChI=1S/C13H20N2O3/c1-3-18-13(16)15-12(8-14)11-6-4-10(5-7-11)9-17-2/h4-7,12H,3,8-9,14H2,1-2H3,(H,15,16). The third kappa shape index (κ3) is 4.35. The minimum atomic E-state index is -0.450. The van der Waals surface area contributed by atoms with Crippen LogP contribution in [0.5, 0.6) is 0 Å². The molecule has 0 aliphatic heterocycles. The lowest BCUT2D eigenvalue weighted by atomic mass is 10.1. The molecule has 5 heteroatoms. The number of alkyl carbamates (subject to hydrolysis) is 1. The van der Waals surface area contributed by atoms with Gasteiger partial charge in [0.15, 0.2) is 0 Å². The molecule has 1 atom stereocenters. The van der Waals surface area contributed by atoms with Crippen molar-refractivity contribution in [2.24, 2.45) is 5.73 Å². The first-order valence-corrected chi connectivity index (χ1v) is 5.92. The highest BCUT2D eigenvalue weighted by atomic mass is 16.5. The molecule has 1 unspecified atom stereocenters. The van der Waals surface area contributed by atoms with E-state index in [1.165, 1.54) is 0 Å². The molecule has 100 valence electrons. The van der Waals surface area contributed by atoms with E-state index in [1.807, 2.05) is 24.3 Å². The van der Waals surface area contributed by atoms with Crippen LogP contribution in [0.4, 0.5) is 4.79 Å². The quantitative estimate of drug-likeness (QED) is 0.806. The summed E-state index contributed by atoms with van der Waals surface area (Å²) in [6, 6.07) is 7.53. The maximum Gasteiger partial charge on any atom is 0.407 e. The Morgan fingerprint density at radius 3 is 2.56 bits per heavy atom. The van der Waals surface area contributed by atoms with Gasteiger partial charge in [-0.05, 0) is 18.1 Å². The molecule has 0 aliphatic rings. The highest BCUT2D eigenvalue weighted by Crippen LogP contribution is 2.13. The number of methoxy groups -OCH3 is 1. The zero-order valence-corrected chi connectivity index (χ0v) is 10.8. The largest absolute Gasteiger partial charge is 0.450 e. The molecule has 3 N–H and O–H groups in total. The molecule has 1 rings (SSSR count). The van der Waals surface area contributed by atoms with Gasteiger partial charge in [0.25, 0.3) is 0 Å². The van der Waals surface area contributed by atoms with Crippen molar-refractivity contribution in [2.45, 2.75) is 19.6 Å². The Balaban J connectivity index is 2.66. The van der Waals surface area contributed by atoms with Crippen LogP contribution in [0.15, 0.2) is 24.3 Å². The maximum absolute atomic E-state index is 11.3. The fourth-order valence-corrected chi connectivity index (χ4v) is 1.61. The predicted molar refractivity (Wildman–Crippen MR) is 69.1 cm³/mol. The second-order valence-corrected chi connectivity index (χ2v) is 3.83. The molecule has 0 heterocycles. The Bertz CT molecular complexity index is 365. The molecule has 1 aromatic rings. The predicted octanol–water partition coefficient (Wildman–Crippen LogP) is 1.58. The minimum absolute atomic E-state index is 0.236. The van der Waals surface area contributed by atoms with E-state index >= 15 is 0 Å². The van der Waals surface area contributed by atoms with Gasteiger partial charge in [0, 0.05) is 13.7 Å².